The first kappa shape index (κ1) is 13.8. The largest absolute Gasteiger partial charge is 0.392 e. The maximum atomic E-state index is 12.4. The molecule has 18 heavy (non-hydrogen) atoms. The smallest absolute Gasteiger partial charge is 0.239 e. The Morgan fingerprint density at radius 3 is 2.50 bits per heavy atom. The topological polar surface area (TPSA) is 43.8 Å². The molecule has 2 fully saturated rings. The van der Waals surface area contributed by atoms with Crippen molar-refractivity contribution in [3.63, 3.8) is 0 Å². The van der Waals surface area contributed by atoms with Crippen LogP contribution >= 0.6 is 0 Å². The Labute approximate surface area is 110 Å². The van der Waals surface area contributed by atoms with Crippen LogP contribution in [0.15, 0.2) is 0 Å². The van der Waals surface area contributed by atoms with Crippen molar-refractivity contribution in [3.8, 4) is 0 Å². The molecule has 2 aliphatic rings. The highest BCUT2D eigenvalue weighted by Gasteiger charge is 2.32. The lowest BCUT2D eigenvalue weighted by Crippen LogP contribution is -2.49. The van der Waals surface area contributed by atoms with E-state index in [2.05, 4.69) is 4.90 Å². The standard InChI is InChI=1S/C14H26N2O2/c1-11(16-9-8-13(17)10-16)14(18)15(2)12-6-4-3-5-7-12/h11-13,17H,3-10H2,1-2H3/t11?,13-/m0/s1. The van der Waals surface area contributed by atoms with Gasteiger partial charge in [0, 0.05) is 26.2 Å². The molecule has 1 aliphatic carbocycles. The van der Waals surface area contributed by atoms with Crippen LogP contribution in [-0.2, 0) is 4.79 Å². The maximum absolute atomic E-state index is 12.4. The summed E-state index contributed by atoms with van der Waals surface area (Å²) in [7, 11) is 1.95. The van der Waals surface area contributed by atoms with Gasteiger partial charge in [-0.1, -0.05) is 19.3 Å². The van der Waals surface area contributed by atoms with Gasteiger partial charge in [0.05, 0.1) is 12.1 Å². The van der Waals surface area contributed by atoms with Gasteiger partial charge >= 0.3 is 0 Å². The summed E-state index contributed by atoms with van der Waals surface area (Å²) in [5, 5.41) is 9.55. The predicted molar refractivity (Wildman–Crippen MR) is 71.3 cm³/mol. The van der Waals surface area contributed by atoms with Crippen molar-refractivity contribution < 1.29 is 9.90 Å². The average molecular weight is 254 g/mol. The number of nitrogens with zero attached hydrogens (tertiary/aromatic N) is 2. The van der Waals surface area contributed by atoms with E-state index in [0.717, 1.165) is 25.8 Å². The number of aliphatic hydroxyl groups is 1. The maximum Gasteiger partial charge on any atom is 0.239 e. The van der Waals surface area contributed by atoms with E-state index in [-0.39, 0.29) is 18.1 Å². The molecule has 0 radical (unpaired) electrons. The molecule has 1 heterocycles. The number of carbonyl (C=O) groups is 1. The van der Waals surface area contributed by atoms with E-state index in [0.29, 0.717) is 12.6 Å². The second-order valence-electron chi connectivity index (χ2n) is 5.85. The summed E-state index contributed by atoms with van der Waals surface area (Å²) < 4.78 is 0. The summed E-state index contributed by atoms with van der Waals surface area (Å²) in [5.74, 6) is 0.219. The number of likely N-dealkylation sites (tertiary alicyclic amines) is 1. The Morgan fingerprint density at radius 1 is 1.28 bits per heavy atom. The second-order valence-corrected chi connectivity index (χ2v) is 5.85. The Hall–Kier alpha value is -0.610. The molecule has 1 unspecified atom stereocenters. The molecule has 4 heteroatoms. The van der Waals surface area contributed by atoms with Crippen LogP contribution in [-0.4, -0.2) is 59.1 Å². The highest BCUT2D eigenvalue weighted by molar-refractivity contribution is 5.81. The van der Waals surface area contributed by atoms with Crippen LogP contribution in [0.3, 0.4) is 0 Å². The summed E-state index contributed by atoms with van der Waals surface area (Å²) in [6.45, 7) is 3.46. The van der Waals surface area contributed by atoms with Crippen LogP contribution in [0.1, 0.15) is 45.4 Å². The minimum absolute atomic E-state index is 0.0888. The Morgan fingerprint density at radius 2 is 1.94 bits per heavy atom. The molecule has 1 N–H and O–H groups in total. The molecule has 104 valence electrons. The Bertz CT molecular complexity index is 277. The molecule has 1 aliphatic heterocycles. The lowest BCUT2D eigenvalue weighted by atomic mass is 9.94. The van der Waals surface area contributed by atoms with Gasteiger partial charge in [0.1, 0.15) is 0 Å². The van der Waals surface area contributed by atoms with E-state index >= 15 is 0 Å². The Balaban J connectivity index is 1.88. The fourth-order valence-electron chi connectivity index (χ4n) is 3.22. The number of carbonyl (C=O) groups excluding carboxylic acids is 1. The zero-order valence-electron chi connectivity index (χ0n) is 11.6. The van der Waals surface area contributed by atoms with Gasteiger partial charge in [0.15, 0.2) is 0 Å². The zero-order chi connectivity index (χ0) is 13.1. The monoisotopic (exact) mass is 254 g/mol. The minimum atomic E-state index is -0.250. The predicted octanol–water partition coefficient (Wildman–Crippen LogP) is 1.23. The molecule has 4 nitrogen and oxygen atoms in total. The molecule has 0 bridgehead atoms. The van der Waals surface area contributed by atoms with E-state index < -0.39 is 0 Å². The molecule has 1 amide bonds. The number of aliphatic hydroxyl groups excluding tert-OH is 1. The molecule has 1 saturated heterocycles. The van der Waals surface area contributed by atoms with Gasteiger partial charge in [0.25, 0.3) is 0 Å². The van der Waals surface area contributed by atoms with Gasteiger partial charge in [-0.2, -0.15) is 0 Å². The van der Waals surface area contributed by atoms with Crippen LogP contribution in [0.25, 0.3) is 0 Å². The first-order valence-corrected chi connectivity index (χ1v) is 7.28. The number of amides is 1. The molecule has 2 atom stereocenters. The van der Waals surface area contributed by atoms with Crippen LogP contribution in [0, 0.1) is 0 Å². The minimum Gasteiger partial charge on any atom is -0.392 e. The van der Waals surface area contributed by atoms with Gasteiger partial charge in [-0.15, -0.1) is 0 Å². The quantitative estimate of drug-likeness (QED) is 0.824. The molecule has 0 aromatic heterocycles. The second kappa shape index (κ2) is 6.02. The fourth-order valence-corrected chi connectivity index (χ4v) is 3.22. The van der Waals surface area contributed by atoms with Crippen molar-refractivity contribution in [2.75, 3.05) is 20.1 Å². The summed E-state index contributed by atoms with van der Waals surface area (Å²) in [6.07, 6.45) is 6.66. The third-order valence-corrected chi connectivity index (χ3v) is 4.57. The fraction of sp³-hybridized carbons (Fsp3) is 0.929. The lowest BCUT2D eigenvalue weighted by molar-refractivity contribution is -0.137. The molecular formula is C14H26N2O2. The van der Waals surface area contributed by atoms with E-state index in [1.807, 2.05) is 18.9 Å². The Kier molecular flexibility index (Phi) is 4.62. The number of hydrogen-bond acceptors (Lipinski definition) is 3. The van der Waals surface area contributed by atoms with Gasteiger partial charge in [-0.3, -0.25) is 9.69 Å². The molecule has 0 aromatic carbocycles. The van der Waals surface area contributed by atoms with E-state index in [9.17, 15) is 9.90 Å². The summed E-state index contributed by atoms with van der Waals surface area (Å²) in [5.41, 5.74) is 0. The number of rotatable bonds is 3. The van der Waals surface area contributed by atoms with Crippen LogP contribution < -0.4 is 0 Å². The highest BCUT2D eigenvalue weighted by atomic mass is 16.3. The van der Waals surface area contributed by atoms with Gasteiger partial charge in [-0.25, -0.2) is 0 Å². The van der Waals surface area contributed by atoms with Gasteiger partial charge < -0.3 is 10.0 Å². The highest BCUT2D eigenvalue weighted by Crippen LogP contribution is 2.23. The van der Waals surface area contributed by atoms with Gasteiger partial charge in [0.2, 0.25) is 5.91 Å². The van der Waals surface area contributed by atoms with Crippen molar-refractivity contribution >= 4 is 5.91 Å². The normalized spacial score (nSPS) is 28.3. The number of hydrogen-bond donors (Lipinski definition) is 1. The third kappa shape index (κ3) is 3.04. The molecular weight excluding hydrogens is 228 g/mol. The first-order valence-electron chi connectivity index (χ1n) is 7.28. The van der Waals surface area contributed by atoms with Crippen LogP contribution in [0.2, 0.25) is 0 Å². The summed E-state index contributed by atoms with van der Waals surface area (Å²) in [4.78, 5) is 16.5. The van der Waals surface area contributed by atoms with Crippen molar-refractivity contribution in [2.45, 2.75) is 63.6 Å². The lowest BCUT2D eigenvalue weighted by Gasteiger charge is -2.35. The first-order chi connectivity index (χ1) is 8.59. The van der Waals surface area contributed by atoms with Crippen LogP contribution in [0.5, 0.6) is 0 Å². The van der Waals surface area contributed by atoms with Crippen molar-refractivity contribution in [1.29, 1.82) is 0 Å². The molecule has 0 aromatic rings. The van der Waals surface area contributed by atoms with Crippen molar-refractivity contribution in [2.24, 2.45) is 0 Å². The summed E-state index contributed by atoms with van der Waals surface area (Å²) >= 11 is 0. The SMILES string of the molecule is CC(C(=O)N(C)C1CCCCC1)N1CC[C@H](O)C1. The van der Waals surface area contributed by atoms with E-state index in [1.54, 1.807) is 0 Å². The van der Waals surface area contributed by atoms with Crippen molar-refractivity contribution in [1.82, 2.24) is 9.80 Å². The molecule has 0 spiro atoms. The molecule has 1 saturated carbocycles. The van der Waals surface area contributed by atoms with E-state index in [1.165, 1.54) is 19.3 Å². The number of likely N-dealkylation sites (N-methyl/N-ethyl adjacent to an activating group) is 1. The third-order valence-electron chi connectivity index (χ3n) is 4.57. The zero-order valence-corrected chi connectivity index (χ0v) is 11.6. The van der Waals surface area contributed by atoms with Crippen molar-refractivity contribution in [3.05, 3.63) is 0 Å². The van der Waals surface area contributed by atoms with E-state index in [4.69, 9.17) is 0 Å². The molecule has 2 rings (SSSR count). The summed E-state index contributed by atoms with van der Waals surface area (Å²) in [6, 6.07) is 0.343. The average Bonchev–Trinajstić information content (AvgIpc) is 2.84. The van der Waals surface area contributed by atoms with Crippen LogP contribution in [0.4, 0.5) is 0 Å². The van der Waals surface area contributed by atoms with Gasteiger partial charge in [-0.05, 0) is 26.2 Å². The number of β-amino-alcohol motifs (C(OH)–C–C–N with tert-alkyl or cyclic N) is 1.